The molecule has 0 saturated heterocycles. The lowest BCUT2D eigenvalue weighted by Crippen LogP contribution is -2.11. The third-order valence-electron chi connectivity index (χ3n) is 3.13. The van der Waals surface area contributed by atoms with Gasteiger partial charge in [0.1, 0.15) is 0 Å². The summed E-state index contributed by atoms with van der Waals surface area (Å²) in [6.45, 7) is 1.99. The van der Waals surface area contributed by atoms with Crippen LogP contribution in [-0.2, 0) is 0 Å². The molecule has 100 valence electrons. The molecule has 0 aliphatic rings. The van der Waals surface area contributed by atoms with Crippen LogP contribution in [-0.4, -0.2) is 9.97 Å². The molecule has 0 spiro atoms. The number of rotatable bonds is 2. The third-order valence-corrected chi connectivity index (χ3v) is 3.13. The van der Waals surface area contributed by atoms with Crippen molar-refractivity contribution < 1.29 is 0 Å². The van der Waals surface area contributed by atoms with Gasteiger partial charge in [-0.3, -0.25) is 9.78 Å². The minimum Gasteiger partial charge on any atom is -0.399 e. The van der Waals surface area contributed by atoms with E-state index in [1.807, 2.05) is 31.2 Å². The SMILES string of the molecule is Cc1ccccc1Nc1nc2ccc(N)cc2c(=O)[nH]1. The van der Waals surface area contributed by atoms with Gasteiger partial charge in [-0.25, -0.2) is 4.98 Å². The lowest BCUT2D eigenvalue weighted by Gasteiger charge is -2.09. The number of para-hydroxylation sites is 1. The van der Waals surface area contributed by atoms with Gasteiger partial charge in [0, 0.05) is 11.4 Å². The highest BCUT2D eigenvalue weighted by Gasteiger charge is 2.05. The first-order valence-electron chi connectivity index (χ1n) is 6.26. The highest BCUT2D eigenvalue weighted by molar-refractivity contribution is 5.82. The Hall–Kier alpha value is -2.82. The Morgan fingerprint density at radius 2 is 2.00 bits per heavy atom. The van der Waals surface area contributed by atoms with E-state index in [9.17, 15) is 4.79 Å². The third kappa shape index (κ3) is 2.21. The quantitative estimate of drug-likeness (QED) is 0.622. The van der Waals surface area contributed by atoms with Crippen molar-refractivity contribution in [3.63, 3.8) is 0 Å². The van der Waals surface area contributed by atoms with Crippen LogP contribution in [0, 0.1) is 6.92 Å². The van der Waals surface area contributed by atoms with Gasteiger partial charge in [-0.05, 0) is 36.8 Å². The van der Waals surface area contributed by atoms with Crippen molar-refractivity contribution in [1.29, 1.82) is 0 Å². The summed E-state index contributed by atoms with van der Waals surface area (Å²) in [7, 11) is 0. The van der Waals surface area contributed by atoms with Crippen LogP contribution in [0.3, 0.4) is 0 Å². The van der Waals surface area contributed by atoms with E-state index in [-0.39, 0.29) is 5.56 Å². The molecule has 5 heteroatoms. The van der Waals surface area contributed by atoms with Crippen molar-refractivity contribution in [2.75, 3.05) is 11.1 Å². The van der Waals surface area contributed by atoms with E-state index in [4.69, 9.17) is 5.73 Å². The van der Waals surface area contributed by atoms with E-state index >= 15 is 0 Å². The average Bonchev–Trinajstić information content (AvgIpc) is 2.42. The number of nitrogens with zero attached hydrogens (tertiary/aromatic N) is 1. The normalized spacial score (nSPS) is 10.7. The first kappa shape index (κ1) is 12.2. The fourth-order valence-corrected chi connectivity index (χ4v) is 2.06. The van der Waals surface area contributed by atoms with Crippen LogP contribution in [0.2, 0.25) is 0 Å². The lowest BCUT2D eigenvalue weighted by atomic mass is 10.2. The van der Waals surface area contributed by atoms with Gasteiger partial charge in [-0.2, -0.15) is 0 Å². The number of fused-ring (bicyclic) bond motifs is 1. The molecular weight excluding hydrogens is 252 g/mol. The fraction of sp³-hybridized carbons (Fsp3) is 0.0667. The molecule has 0 unspecified atom stereocenters. The van der Waals surface area contributed by atoms with Crippen molar-refractivity contribution >= 4 is 28.2 Å². The Bertz CT molecular complexity index is 839. The number of hydrogen-bond acceptors (Lipinski definition) is 4. The molecule has 0 saturated carbocycles. The number of anilines is 3. The van der Waals surface area contributed by atoms with Crippen molar-refractivity contribution in [3.8, 4) is 0 Å². The van der Waals surface area contributed by atoms with Crippen molar-refractivity contribution in [2.45, 2.75) is 6.92 Å². The molecule has 3 aromatic rings. The summed E-state index contributed by atoms with van der Waals surface area (Å²) in [5, 5.41) is 3.61. The summed E-state index contributed by atoms with van der Waals surface area (Å²) in [6.07, 6.45) is 0. The maximum atomic E-state index is 12.0. The summed E-state index contributed by atoms with van der Waals surface area (Å²) in [5.74, 6) is 0.418. The molecule has 0 fully saturated rings. The molecule has 4 N–H and O–H groups in total. The average molecular weight is 266 g/mol. The molecule has 1 aromatic heterocycles. The van der Waals surface area contributed by atoms with E-state index in [2.05, 4.69) is 15.3 Å². The van der Waals surface area contributed by atoms with Crippen molar-refractivity contribution in [2.24, 2.45) is 0 Å². The molecule has 1 heterocycles. The van der Waals surface area contributed by atoms with Gasteiger partial charge < -0.3 is 11.1 Å². The van der Waals surface area contributed by atoms with Crippen LogP contribution in [0.1, 0.15) is 5.56 Å². The first-order valence-corrected chi connectivity index (χ1v) is 6.26. The molecular formula is C15H14N4O. The smallest absolute Gasteiger partial charge is 0.260 e. The molecule has 0 atom stereocenters. The van der Waals surface area contributed by atoms with E-state index in [1.54, 1.807) is 18.2 Å². The van der Waals surface area contributed by atoms with Crippen molar-refractivity contribution in [1.82, 2.24) is 9.97 Å². The van der Waals surface area contributed by atoms with Gasteiger partial charge in [0.15, 0.2) is 0 Å². The molecule has 20 heavy (non-hydrogen) atoms. The largest absolute Gasteiger partial charge is 0.399 e. The number of aryl methyl sites for hydroxylation is 1. The number of aromatic nitrogens is 2. The number of nitrogens with two attached hydrogens (primary N) is 1. The molecule has 3 rings (SSSR count). The van der Waals surface area contributed by atoms with Crippen LogP contribution in [0.4, 0.5) is 17.3 Å². The summed E-state index contributed by atoms with van der Waals surface area (Å²) in [6, 6.07) is 12.9. The molecule has 0 aliphatic carbocycles. The van der Waals surface area contributed by atoms with Crippen LogP contribution < -0.4 is 16.6 Å². The fourth-order valence-electron chi connectivity index (χ4n) is 2.06. The first-order chi connectivity index (χ1) is 9.63. The van der Waals surface area contributed by atoms with E-state index in [0.717, 1.165) is 11.3 Å². The molecule has 0 bridgehead atoms. The summed E-state index contributed by atoms with van der Waals surface area (Å²) >= 11 is 0. The number of nitrogen functional groups attached to an aromatic ring is 1. The molecule has 0 amide bonds. The Morgan fingerprint density at radius 3 is 2.80 bits per heavy atom. The second-order valence-electron chi connectivity index (χ2n) is 4.63. The number of nitrogens with one attached hydrogen (secondary N) is 2. The van der Waals surface area contributed by atoms with Gasteiger partial charge >= 0.3 is 0 Å². The van der Waals surface area contributed by atoms with Crippen LogP contribution in [0.5, 0.6) is 0 Å². The maximum Gasteiger partial charge on any atom is 0.260 e. The molecule has 5 nitrogen and oxygen atoms in total. The predicted molar refractivity (Wildman–Crippen MR) is 81.2 cm³/mol. The Morgan fingerprint density at radius 1 is 1.20 bits per heavy atom. The molecule has 2 aromatic carbocycles. The van der Waals surface area contributed by atoms with Crippen LogP contribution in [0.15, 0.2) is 47.3 Å². The van der Waals surface area contributed by atoms with Gasteiger partial charge in [0.25, 0.3) is 5.56 Å². The maximum absolute atomic E-state index is 12.0. The topological polar surface area (TPSA) is 83.8 Å². The standard InChI is InChI=1S/C15H14N4O/c1-9-4-2-3-5-12(9)17-15-18-13-7-6-10(16)8-11(13)14(20)19-15/h2-8H,16H2,1H3,(H2,17,18,19,20). The number of benzene rings is 2. The Kier molecular flexibility index (Phi) is 2.87. The minimum atomic E-state index is -0.210. The van der Waals surface area contributed by atoms with Crippen LogP contribution in [0.25, 0.3) is 10.9 Å². The van der Waals surface area contributed by atoms with Gasteiger partial charge in [0.05, 0.1) is 10.9 Å². The van der Waals surface area contributed by atoms with Crippen molar-refractivity contribution in [3.05, 3.63) is 58.4 Å². The van der Waals surface area contributed by atoms with Gasteiger partial charge in [0.2, 0.25) is 5.95 Å². The lowest BCUT2D eigenvalue weighted by molar-refractivity contribution is 1.17. The minimum absolute atomic E-state index is 0.210. The van der Waals surface area contributed by atoms with E-state index in [1.165, 1.54) is 0 Å². The highest BCUT2D eigenvalue weighted by atomic mass is 16.1. The zero-order valence-electron chi connectivity index (χ0n) is 11.0. The molecule has 0 aliphatic heterocycles. The second kappa shape index (κ2) is 4.70. The summed E-state index contributed by atoms with van der Waals surface area (Å²) < 4.78 is 0. The van der Waals surface area contributed by atoms with E-state index in [0.29, 0.717) is 22.5 Å². The summed E-state index contributed by atoms with van der Waals surface area (Å²) in [4.78, 5) is 19.1. The zero-order chi connectivity index (χ0) is 14.1. The second-order valence-corrected chi connectivity index (χ2v) is 4.63. The number of H-pyrrole nitrogens is 1. The molecule has 0 radical (unpaired) electrons. The Labute approximate surface area is 115 Å². The predicted octanol–water partition coefficient (Wildman–Crippen LogP) is 2.56. The highest BCUT2D eigenvalue weighted by Crippen LogP contribution is 2.18. The van der Waals surface area contributed by atoms with Crippen LogP contribution >= 0.6 is 0 Å². The Balaban J connectivity index is 2.08. The zero-order valence-corrected chi connectivity index (χ0v) is 11.0. The number of hydrogen-bond donors (Lipinski definition) is 3. The monoisotopic (exact) mass is 266 g/mol. The van der Waals surface area contributed by atoms with Gasteiger partial charge in [-0.15, -0.1) is 0 Å². The van der Waals surface area contributed by atoms with Gasteiger partial charge in [-0.1, -0.05) is 18.2 Å². The number of aromatic amines is 1. The summed E-state index contributed by atoms with van der Waals surface area (Å²) in [5.41, 5.74) is 8.61. The van der Waals surface area contributed by atoms with E-state index < -0.39 is 0 Å².